The minimum absolute atomic E-state index is 0.00764. The molecule has 0 saturated carbocycles. The summed E-state index contributed by atoms with van der Waals surface area (Å²) in [5.74, 6) is -0.168. The Morgan fingerprint density at radius 1 is 0.683 bits per heavy atom. The third-order valence-electron chi connectivity index (χ3n) is 5.24. The molecule has 0 unspecified atom stereocenters. The van der Waals surface area contributed by atoms with Crippen molar-refractivity contribution in [2.45, 2.75) is 72.8 Å². The number of amides is 1. The summed E-state index contributed by atoms with van der Waals surface area (Å²) in [6.07, 6.45) is 1.22. The molecule has 0 aliphatic carbocycles. The van der Waals surface area contributed by atoms with E-state index in [2.05, 4.69) is 5.32 Å². The van der Waals surface area contributed by atoms with Crippen LogP contribution in [0.3, 0.4) is 0 Å². The summed E-state index contributed by atoms with van der Waals surface area (Å²) in [5.41, 5.74) is 5.48. The summed E-state index contributed by atoms with van der Waals surface area (Å²) in [6.45, 7) is 17.4. The first-order chi connectivity index (χ1) is 19.8. The first-order valence-corrected chi connectivity index (χ1v) is 18.7. The quantitative estimate of drug-likeness (QED) is 0.0742. The maximum absolute atomic E-state index is 11.8. The number of nitrogens with two attached hydrogens (primary N) is 1. The third-order valence-corrected chi connectivity index (χ3v) is 11.5. The van der Waals surface area contributed by atoms with Crippen molar-refractivity contribution in [1.82, 2.24) is 5.32 Å². The molecule has 0 fully saturated rings. The largest absolute Gasteiger partial charge is 0.500 e. The Labute approximate surface area is 251 Å². The zero-order valence-electron chi connectivity index (χ0n) is 27.0. The molecular weight excluding hydrogens is 572 g/mol. The average molecular weight is 633 g/mol. The Kier molecular flexibility index (Phi) is 30.7. The predicted octanol–water partition coefficient (Wildman–Crippen LogP) is 2.58. The minimum atomic E-state index is -2.64. The Morgan fingerprint density at radius 2 is 1.10 bits per heavy atom. The van der Waals surface area contributed by atoms with E-state index in [1.807, 2.05) is 41.5 Å². The molecule has 0 radical (unpaired) electrons. The normalized spacial score (nSPS) is 12.0. The first-order valence-electron chi connectivity index (χ1n) is 14.8. The van der Waals surface area contributed by atoms with E-state index in [1.54, 1.807) is 14.2 Å². The van der Waals surface area contributed by atoms with Crippen molar-refractivity contribution in [3.8, 4) is 0 Å². The Hall–Kier alpha value is -0.536. The van der Waals surface area contributed by atoms with Gasteiger partial charge in [-0.25, -0.2) is 0 Å². The Bertz CT molecular complexity index is 546. The van der Waals surface area contributed by atoms with Crippen molar-refractivity contribution in [3.05, 3.63) is 0 Å². The van der Waals surface area contributed by atoms with Crippen LogP contribution >= 0.6 is 0 Å². The Balaban J connectivity index is 0. The molecule has 13 nitrogen and oxygen atoms in total. The lowest BCUT2D eigenvalue weighted by atomic mass is 10.4. The Morgan fingerprint density at radius 3 is 1.49 bits per heavy atom. The van der Waals surface area contributed by atoms with Crippen LogP contribution in [-0.4, -0.2) is 123 Å². The molecule has 0 aromatic carbocycles. The second kappa shape index (κ2) is 29.5. The van der Waals surface area contributed by atoms with Crippen molar-refractivity contribution >= 4 is 23.5 Å². The SMILES string of the molecule is CCO[Si](CCCN)(OCC)OCC.CCO[Si](CCCNC(=O)COCCOCC(OC)OC)(OCC)OCC. The maximum atomic E-state index is 11.8. The number of hydrogen-bond donors (Lipinski definition) is 2. The van der Waals surface area contributed by atoms with Gasteiger partial charge in [-0.2, -0.15) is 0 Å². The molecule has 41 heavy (non-hydrogen) atoms. The molecule has 248 valence electrons. The summed E-state index contributed by atoms with van der Waals surface area (Å²) in [5, 5.41) is 2.82. The topological polar surface area (TPSA) is 147 Å². The number of rotatable bonds is 28. The number of carbonyl (C=O) groups excluding carboxylic acids is 1. The van der Waals surface area contributed by atoms with Crippen LogP contribution in [0.1, 0.15) is 54.4 Å². The highest BCUT2D eigenvalue weighted by molar-refractivity contribution is 6.61. The van der Waals surface area contributed by atoms with Gasteiger partial charge in [0.25, 0.3) is 0 Å². The van der Waals surface area contributed by atoms with Gasteiger partial charge in [0.15, 0.2) is 6.29 Å². The van der Waals surface area contributed by atoms with E-state index < -0.39 is 23.9 Å². The molecule has 0 aromatic heterocycles. The van der Waals surface area contributed by atoms with Gasteiger partial charge in [0, 0.05) is 72.5 Å². The lowest BCUT2D eigenvalue weighted by molar-refractivity contribution is -0.144. The third kappa shape index (κ3) is 22.6. The van der Waals surface area contributed by atoms with Gasteiger partial charge in [0.2, 0.25) is 5.91 Å². The van der Waals surface area contributed by atoms with Crippen molar-refractivity contribution in [2.75, 3.05) is 93.4 Å². The molecule has 0 aliphatic heterocycles. The van der Waals surface area contributed by atoms with Gasteiger partial charge in [0.05, 0.1) is 19.8 Å². The second-order valence-corrected chi connectivity index (χ2v) is 13.8. The predicted molar refractivity (Wildman–Crippen MR) is 162 cm³/mol. The molecule has 0 heterocycles. The summed E-state index contributed by atoms with van der Waals surface area (Å²) in [4.78, 5) is 11.8. The van der Waals surface area contributed by atoms with E-state index in [-0.39, 0.29) is 12.5 Å². The average Bonchev–Trinajstić information content (AvgIpc) is 2.95. The molecule has 0 rings (SSSR count). The van der Waals surface area contributed by atoms with Crippen LogP contribution in [0.4, 0.5) is 0 Å². The molecular formula is C26H60N2O11Si2. The maximum Gasteiger partial charge on any atom is 0.500 e. The molecule has 0 saturated heterocycles. The number of nitrogens with one attached hydrogen (secondary N) is 1. The molecule has 0 bridgehead atoms. The lowest BCUT2D eigenvalue weighted by Gasteiger charge is -2.28. The van der Waals surface area contributed by atoms with Gasteiger partial charge in [-0.05, 0) is 60.9 Å². The van der Waals surface area contributed by atoms with Gasteiger partial charge in [-0.15, -0.1) is 0 Å². The highest BCUT2D eigenvalue weighted by atomic mass is 28.4. The van der Waals surface area contributed by atoms with Crippen LogP contribution in [0, 0.1) is 0 Å². The van der Waals surface area contributed by atoms with Crippen LogP contribution in [-0.2, 0) is 50.3 Å². The van der Waals surface area contributed by atoms with Crippen molar-refractivity contribution < 1.29 is 50.3 Å². The van der Waals surface area contributed by atoms with Crippen LogP contribution in [0.15, 0.2) is 0 Å². The second-order valence-electron chi connectivity index (χ2n) is 8.34. The van der Waals surface area contributed by atoms with E-state index in [0.29, 0.717) is 78.6 Å². The summed E-state index contributed by atoms with van der Waals surface area (Å²) in [7, 11) is -1.95. The molecule has 3 N–H and O–H groups in total. The molecule has 0 atom stereocenters. The van der Waals surface area contributed by atoms with Gasteiger partial charge >= 0.3 is 17.6 Å². The van der Waals surface area contributed by atoms with E-state index in [4.69, 9.17) is 51.2 Å². The molecule has 15 heteroatoms. The molecule has 1 amide bonds. The van der Waals surface area contributed by atoms with E-state index in [1.165, 1.54) is 0 Å². The molecule has 0 spiro atoms. The fourth-order valence-corrected chi connectivity index (χ4v) is 8.85. The number of methoxy groups -OCH3 is 2. The van der Waals surface area contributed by atoms with Crippen molar-refractivity contribution in [2.24, 2.45) is 5.73 Å². The summed E-state index contributed by atoms with van der Waals surface area (Å²) >= 11 is 0. The molecule has 0 aliphatic rings. The first kappa shape index (κ1) is 42.6. The van der Waals surface area contributed by atoms with E-state index in [0.717, 1.165) is 18.9 Å². The van der Waals surface area contributed by atoms with Gasteiger partial charge < -0.3 is 56.6 Å². The zero-order chi connectivity index (χ0) is 31.2. The van der Waals surface area contributed by atoms with Crippen LogP contribution in [0.2, 0.25) is 12.1 Å². The van der Waals surface area contributed by atoms with Crippen LogP contribution < -0.4 is 11.1 Å². The number of carbonyl (C=O) groups is 1. The number of ether oxygens (including phenoxy) is 4. The molecule has 0 aromatic rings. The van der Waals surface area contributed by atoms with E-state index >= 15 is 0 Å². The van der Waals surface area contributed by atoms with Gasteiger partial charge in [0.1, 0.15) is 6.61 Å². The highest BCUT2D eigenvalue weighted by Gasteiger charge is 2.40. The van der Waals surface area contributed by atoms with Gasteiger partial charge in [-0.1, -0.05) is 0 Å². The van der Waals surface area contributed by atoms with Crippen LogP contribution in [0.5, 0.6) is 0 Å². The minimum Gasteiger partial charge on any atom is -0.374 e. The zero-order valence-corrected chi connectivity index (χ0v) is 29.0. The number of hydrogen-bond acceptors (Lipinski definition) is 12. The fourth-order valence-electron chi connectivity index (χ4n) is 3.60. The van der Waals surface area contributed by atoms with Crippen molar-refractivity contribution in [1.29, 1.82) is 0 Å². The lowest BCUT2D eigenvalue weighted by Crippen LogP contribution is -2.46. The van der Waals surface area contributed by atoms with E-state index in [9.17, 15) is 4.79 Å². The smallest absolute Gasteiger partial charge is 0.374 e. The standard InChI is InChI=1S/C17H37NO8Si.C9H23NO3Si/c1-6-24-27(25-7-2,26-8-3)13-9-10-18-16(19)14-22-11-12-23-15-17(20-4)21-5;1-4-11-14(12-5-2,13-6-3)9-7-8-10/h17H,6-15H2,1-5H3,(H,18,19);4-10H2,1-3H3. The fraction of sp³-hybridized carbons (Fsp3) is 0.962. The van der Waals surface area contributed by atoms with Crippen LogP contribution in [0.25, 0.3) is 0 Å². The highest BCUT2D eigenvalue weighted by Crippen LogP contribution is 2.18. The van der Waals surface area contributed by atoms with Gasteiger partial charge in [-0.3, -0.25) is 4.79 Å². The summed E-state index contributed by atoms with van der Waals surface area (Å²) < 4.78 is 54.9. The monoisotopic (exact) mass is 632 g/mol. The summed E-state index contributed by atoms with van der Waals surface area (Å²) in [6, 6.07) is 1.48. The van der Waals surface area contributed by atoms with Crippen molar-refractivity contribution in [3.63, 3.8) is 0 Å².